The number of imidazole rings is 1. The average Bonchev–Trinajstić information content (AvgIpc) is 2.87. The molecule has 1 aliphatic carbocycles. The number of thiazole rings is 1. The maximum atomic E-state index is 4.44. The zero-order chi connectivity index (χ0) is 11.7. The van der Waals surface area contributed by atoms with Crippen molar-refractivity contribution in [2.24, 2.45) is 0 Å². The van der Waals surface area contributed by atoms with Crippen molar-refractivity contribution in [1.29, 1.82) is 0 Å². The Hall–Kier alpha value is -1.20. The van der Waals surface area contributed by atoms with Gasteiger partial charge in [0.15, 0.2) is 0 Å². The van der Waals surface area contributed by atoms with Crippen molar-refractivity contribution >= 4 is 11.3 Å². The van der Waals surface area contributed by atoms with Crippen LogP contribution in [0, 0.1) is 0 Å². The number of nitrogens with one attached hydrogen (secondary N) is 1. The molecule has 5 heteroatoms. The summed E-state index contributed by atoms with van der Waals surface area (Å²) in [6, 6.07) is 0.856. The molecule has 2 heterocycles. The third kappa shape index (κ3) is 2.25. The fourth-order valence-corrected chi connectivity index (χ4v) is 2.69. The Kier molecular flexibility index (Phi) is 2.94. The predicted octanol–water partition coefficient (Wildman–Crippen LogP) is 2.20. The molecule has 0 aliphatic heterocycles. The van der Waals surface area contributed by atoms with E-state index >= 15 is 0 Å². The van der Waals surface area contributed by atoms with Gasteiger partial charge in [0.1, 0.15) is 11.0 Å². The minimum atomic E-state index is 0.199. The molecule has 1 aliphatic rings. The molecule has 0 bridgehead atoms. The van der Waals surface area contributed by atoms with E-state index in [1.54, 1.807) is 11.3 Å². The molecule has 1 N–H and O–H groups in total. The second-order valence-electron chi connectivity index (χ2n) is 4.35. The molecule has 1 atom stereocenters. The summed E-state index contributed by atoms with van der Waals surface area (Å²) in [5.74, 6) is 0. The number of aryl methyl sites for hydroxylation is 1. The lowest BCUT2D eigenvalue weighted by molar-refractivity contribution is 0.553. The van der Waals surface area contributed by atoms with Gasteiger partial charge in [-0.05, 0) is 19.8 Å². The van der Waals surface area contributed by atoms with Crippen LogP contribution in [0.4, 0.5) is 0 Å². The smallest absolute Gasteiger partial charge is 0.116 e. The van der Waals surface area contributed by atoms with Gasteiger partial charge in [-0.3, -0.25) is 0 Å². The van der Waals surface area contributed by atoms with Gasteiger partial charge < -0.3 is 9.88 Å². The minimum Gasteiger partial charge on any atom is -0.333 e. The normalized spacial score (nSPS) is 17.2. The summed E-state index contributed by atoms with van der Waals surface area (Å²) in [7, 11) is 0. The quantitative estimate of drug-likeness (QED) is 0.882. The Morgan fingerprint density at radius 2 is 2.47 bits per heavy atom. The van der Waals surface area contributed by atoms with E-state index in [9.17, 15) is 0 Å². The molecule has 17 heavy (non-hydrogen) atoms. The van der Waals surface area contributed by atoms with Gasteiger partial charge in [0.25, 0.3) is 0 Å². The lowest BCUT2D eigenvalue weighted by Crippen LogP contribution is -2.26. The topological polar surface area (TPSA) is 42.7 Å². The van der Waals surface area contributed by atoms with Gasteiger partial charge in [-0.15, -0.1) is 11.3 Å². The summed E-state index contributed by atoms with van der Waals surface area (Å²) in [6.07, 6.45) is 8.27. The Morgan fingerprint density at radius 1 is 1.59 bits per heavy atom. The van der Waals surface area contributed by atoms with Gasteiger partial charge in [0.2, 0.25) is 0 Å². The van der Waals surface area contributed by atoms with E-state index in [0.29, 0.717) is 6.04 Å². The number of rotatable bonds is 5. The Balaban J connectivity index is 1.92. The van der Waals surface area contributed by atoms with E-state index < -0.39 is 0 Å². The van der Waals surface area contributed by atoms with Crippen LogP contribution in [0.2, 0.25) is 0 Å². The zero-order valence-electron chi connectivity index (χ0n) is 9.84. The highest BCUT2D eigenvalue weighted by atomic mass is 32.1. The van der Waals surface area contributed by atoms with Crippen LogP contribution in [-0.4, -0.2) is 20.6 Å². The summed E-state index contributed by atoms with van der Waals surface area (Å²) in [5, 5.41) is 6.82. The monoisotopic (exact) mass is 248 g/mol. The van der Waals surface area contributed by atoms with Crippen molar-refractivity contribution in [3.8, 4) is 0 Å². The summed E-state index contributed by atoms with van der Waals surface area (Å²) >= 11 is 1.70. The van der Waals surface area contributed by atoms with Crippen LogP contribution < -0.4 is 5.32 Å². The SMILES string of the molecule is CCn1cncc1C(NC1CC1)c1nccs1. The first-order chi connectivity index (χ1) is 8.38. The Bertz CT molecular complexity index is 472. The first-order valence-corrected chi connectivity index (χ1v) is 6.92. The Labute approximate surface area is 105 Å². The van der Waals surface area contributed by atoms with Crippen molar-refractivity contribution in [3.63, 3.8) is 0 Å². The van der Waals surface area contributed by atoms with Gasteiger partial charge in [0.05, 0.1) is 18.2 Å². The third-order valence-electron chi connectivity index (χ3n) is 3.06. The predicted molar refractivity (Wildman–Crippen MR) is 68.0 cm³/mol. The molecule has 4 nitrogen and oxygen atoms in total. The fraction of sp³-hybridized carbons (Fsp3) is 0.500. The van der Waals surface area contributed by atoms with Gasteiger partial charge in [-0.25, -0.2) is 9.97 Å². The van der Waals surface area contributed by atoms with Crippen LogP contribution in [-0.2, 0) is 6.54 Å². The first-order valence-electron chi connectivity index (χ1n) is 6.04. The van der Waals surface area contributed by atoms with Crippen LogP contribution in [0.5, 0.6) is 0 Å². The lowest BCUT2D eigenvalue weighted by Gasteiger charge is -2.17. The summed E-state index contributed by atoms with van der Waals surface area (Å²) in [5.41, 5.74) is 1.22. The van der Waals surface area contributed by atoms with Gasteiger partial charge in [-0.1, -0.05) is 0 Å². The van der Waals surface area contributed by atoms with E-state index in [1.807, 2.05) is 24.1 Å². The van der Waals surface area contributed by atoms with E-state index in [2.05, 4.69) is 26.8 Å². The molecule has 0 amide bonds. The minimum absolute atomic E-state index is 0.199. The van der Waals surface area contributed by atoms with Crippen LogP contribution in [0.25, 0.3) is 0 Å². The molecular weight excluding hydrogens is 232 g/mol. The van der Waals surface area contributed by atoms with Crippen LogP contribution in [0.15, 0.2) is 24.1 Å². The summed E-state index contributed by atoms with van der Waals surface area (Å²) in [6.45, 7) is 3.09. The molecular formula is C12H16N4S. The standard InChI is InChI=1S/C12H16N4S/c1-2-16-8-13-7-10(16)11(15-9-3-4-9)12-14-5-6-17-12/h5-9,11,15H,2-4H2,1H3. The highest BCUT2D eigenvalue weighted by Gasteiger charge is 2.29. The molecule has 1 unspecified atom stereocenters. The third-order valence-corrected chi connectivity index (χ3v) is 3.90. The highest BCUT2D eigenvalue weighted by molar-refractivity contribution is 7.09. The second kappa shape index (κ2) is 4.58. The molecule has 0 saturated heterocycles. The van der Waals surface area contributed by atoms with Crippen LogP contribution in [0.3, 0.4) is 0 Å². The van der Waals surface area contributed by atoms with Crippen molar-refractivity contribution in [2.75, 3.05) is 0 Å². The largest absolute Gasteiger partial charge is 0.333 e. The fourth-order valence-electron chi connectivity index (χ4n) is 1.98. The van der Waals surface area contributed by atoms with Crippen molar-refractivity contribution < 1.29 is 0 Å². The van der Waals surface area contributed by atoms with E-state index in [-0.39, 0.29) is 6.04 Å². The number of hydrogen-bond acceptors (Lipinski definition) is 4. The van der Waals surface area contributed by atoms with Crippen LogP contribution >= 0.6 is 11.3 Å². The molecule has 2 aromatic heterocycles. The molecule has 0 spiro atoms. The lowest BCUT2D eigenvalue weighted by atomic mass is 10.2. The summed E-state index contributed by atoms with van der Waals surface area (Å²) in [4.78, 5) is 8.69. The molecule has 90 valence electrons. The second-order valence-corrected chi connectivity index (χ2v) is 5.27. The van der Waals surface area contributed by atoms with Gasteiger partial charge in [0, 0.05) is 24.2 Å². The maximum Gasteiger partial charge on any atom is 0.116 e. The molecule has 0 aromatic carbocycles. The van der Waals surface area contributed by atoms with Crippen molar-refractivity contribution in [2.45, 2.75) is 38.4 Å². The maximum absolute atomic E-state index is 4.44. The zero-order valence-corrected chi connectivity index (χ0v) is 10.7. The molecule has 1 fully saturated rings. The first kappa shape index (κ1) is 10.9. The van der Waals surface area contributed by atoms with Gasteiger partial charge in [-0.2, -0.15) is 0 Å². The van der Waals surface area contributed by atoms with Gasteiger partial charge >= 0.3 is 0 Å². The molecule has 1 saturated carbocycles. The highest BCUT2D eigenvalue weighted by Crippen LogP contribution is 2.29. The number of aromatic nitrogens is 3. The van der Waals surface area contributed by atoms with E-state index in [1.165, 1.54) is 18.5 Å². The number of hydrogen-bond donors (Lipinski definition) is 1. The van der Waals surface area contributed by atoms with Crippen molar-refractivity contribution in [1.82, 2.24) is 19.9 Å². The molecule has 3 rings (SSSR count). The molecule has 2 aromatic rings. The molecule has 0 radical (unpaired) electrons. The van der Waals surface area contributed by atoms with Crippen molar-refractivity contribution in [3.05, 3.63) is 34.8 Å². The number of nitrogens with zero attached hydrogens (tertiary/aromatic N) is 3. The summed E-state index contributed by atoms with van der Waals surface area (Å²) < 4.78 is 2.18. The van der Waals surface area contributed by atoms with Crippen LogP contribution in [0.1, 0.15) is 36.5 Å². The Morgan fingerprint density at radius 3 is 3.12 bits per heavy atom. The van der Waals surface area contributed by atoms with E-state index in [4.69, 9.17) is 0 Å². The average molecular weight is 248 g/mol. The van der Waals surface area contributed by atoms with E-state index in [0.717, 1.165) is 11.6 Å².